The van der Waals surface area contributed by atoms with Crippen LogP contribution in [0, 0.1) is 0 Å². The largest absolute Gasteiger partial charge is 0.344 e. The van der Waals surface area contributed by atoms with Crippen molar-refractivity contribution in [1.29, 1.82) is 0 Å². The minimum Gasteiger partial charge on any atom is -0.344 e. The Bertz CT molecular complexity index is 3470. The first-order valence-corrected chi connectivity index (χ1v) is 31.7. The Morgan fingerprint density at radius 2 is 0.543 bits per heavy atom. The van der Waals surface area contributed by atoms with Gasteiger partial charge in [0.05, 0.1) is 5.69 Å². The molecule has 6 aliphatic rings. The second kappa shape index (κ2) is 27.6. The predicted octanol–water partition coefficient (Wildman–Crippen LogP) is 19.0. The maximum atomic E-state index is 2.89. The molecule has 6 nitrogen and oxygen atoms in total. The van der Waals surface area contributed by atoms with Crippen molar-refractivity contribution in [2.24, 2.45) is 0 Å². The third-order valence-corrected chi connectivity index (χ3v) is 17.6. The monoisotopic (exact) mass is 1180 g/mol. The second-order valence-corrected chi connectivity index (χ2v) is 21.4. The lowest BCUT2D eigenvalue weighted by molar-refractivity contribution is 1.00. The molecule has 0 radical (unpaired) electrons. The molecule has 420 valence electrons. The topological polar surface area (TPSA) is 19.4 Å². The molecule has 81 heavy (non-hydrogen) atoms. The Labute approximate surface area is 500 Å². The number of fused-ring (bicyclic) bond motifs is 14. The van der Waals surface area contributed by atoms with Gasteiger partial charge < -0.3 is 28.7 Å². The maximum absolute atomic E-state index is 2.89. The molecule has 9 aromatic carbocycles. The van der Waals surface area contributed by atoms with Crippen LogP contribution < -0.4 is 28.7 Å². The van der Waals surface area contributed by atoms with Crippen LogP contribution in [0.2, 0.25) is 0 Å². The van der Waals surface area contributed by atoms with Crippen LogP contribution in [0.5, 0.6) is 0 Å². The second-order valence-electron chi connectivity index (χ2n) is 19.9. The normalized spacial score (nSPS) is 13.2. The summed E-state index contributed by atoms with van der Waals surface area (Å²) < 4.78 is 6.76. The standard InChI is InChI=1S/3C21H19N2P.3CH5P.3CH4/c1-22-18-8-4-2-6-14(18)10-16-12-17-11-15-7-3-5-9-19(15)23(24)21(17)13-20(16)22;1-22-18-8-4-2-6-14(18)12-16-17-13-15-7-3-5-9-19(15)23(24)21(17)11-10-20(16)22;1-22-18-8-4-2-6-14(18)12-16-10-11-20-17(21(16)22)13-15-7-3-5-9-19(15)23(20)24;3*1-2;;;/h2-9,12-13H,10-11,24H2,1H3;2*2-11H,12-13,24H2,1H3;3*2H2,1H3;3*1H4. The van der Waals surface area contributed by atoms with Gasteiger partial charge in [-0.05, 0) is 150 Å². The average Bonchev–Trinajstić information content (AvgIpc) is 3.58. The van der Waals surface area contributed by atoms with Crippen LogP contribution in [0.25, 0.3) is 0 Å². The van der Waals surface area contributed by atoms with Gasteiger partial charge in [-0.2, -0.15) is 0 Å². The number of nitrogens with zero attached hydrogens (tertiary/aromatic N) is 6. The Morgan fingerprint density at radius 1 is 0.247 bits per heavy atom. The molecule has 12 heteroatoms. The first kappa shape index (κ1) is 63.0. The van der Waals surface area contributed by atoms with Gasteiger partial charge in [-0.3, -0.25) is 0 Å². The summed E-state index contributed by atoms with van der Waals surface area (Å²) in [5.74, 6) is 0. The van der Waals surface area contributed by atoms with E-state index in [1.807, 2.05) is 20.0 Å². The number of hydrogen-bond donors (Lipinski definition) is 0. The molecule has 0 saturated carbocycles. The first-order chi connectivity index (χ1) is 38.2. The van der Waals surface area contributed by atoms with Crippen LogP contribution in [0.15, 0.2) is 182 Å². The number of anilines is 12. The molecule has 6 aliphatic heterocycles. The highest BCUT2D eigenvalue weighted by Gasteiger charge is 2.31. The fourth-order valence-corrected chi connectivity index (χ4v) is 13.8. The molecule has 0 bridgehead atoms. The number of para-hydroxylation sites is 6. The first-order valence-electron chi connectivity index (χ1n) is 26.7. The highest BCUT2D eigenvalue weighted by molar-refractivity contribution is 7.20. The molecule has 0 spiro atoms. The third-order valence-electron chi connectivity index (χ3n) is 15.9. The van der Waals surface area contributed by atoms with Crippen LogP contribution in [-0.2, 0) is 38.5 Å². The van der Waals surface area contributed by atoms with E-state index in [2.05, 4.69) is 288 Å². The molecule has 6 atom stereocenters. The molecule has 0 amide bonds. The van der Waals surface area contributed by atoms with Crippen molar-refractivity contribution in [3.63, 3.8) is 0 Å². The fraction of sp³-hybridized carbons (Fsp3) is 0.217. The van der Waals surface area contributed by atoms with Gasteiger partial charge in [-0.25, -0.2) is 0 Å². The van der Waals surface area contributed by atoms with Crippen molar-refractivity contribution >= 4 is 124 Å². The number of rotatable bonds is 0. The van der Waals surface area contributed by atoms with E-state index in [1.165, 1.54) is 135 Å². The zero-order chi connectivity index (χ0) is 54.8. The van der Waals surface area contributed by atoms with E-state index < -0.39 is 0 Å². The molecule has 0 fully saturated rings. The van der Waals surface area contributed by atoms with Gasteiger partial charge in [-0.15, -0.1) is 27.7 Å². The van der Waals surface area contributed by atoms with Crippen LogP contribution >= 0.6 is 55.9 Å². The summed E-state index contributed by atoms with van der Waals surface area (Å²) in [6, 6.07) is 66.1. The summed E-state index contributed by atoms with van der Waals surface area (Å²) in [5, 5.41) is 0. The average molecular weight is 1180 g/mol. The highest BCUT2D eigenvalue weighted by atomic mass is 31.0. The Hall–Kier alpha value is -5.64. The summed E-state index contributed by atoms with van der Waals surface area (Å²) in [5.41, 5.74) is 32.8. The van der Waals surface area contributed by atoms with E-state index in [0.717, 1.165) is 38.5 Å². The van der Waals surface area contributed by atoms with Gasteiger partial charge in [-0.1, -0.05) is 164 Å². The van der Waals surface area contributed by atoms with E-state index in [0.29, 0.717) is 0 Å². The summed E-state index contributed by atoms with van der Waals surface area (Å²) >= 11 is 0. The van der Waals surface area contributed by atoms with Gasteiger partial charge in [0, 0.05) is 128 Å². The lowest BCUT2D eigenvalue weighted by Gasteiger charge is -2.37. The summed E-state index contributed by atoms with van der Waals surface area (Å²) in [4.78, 5) is 7.04. The van der Waals surface area contributed by atoms with E-state index in [-0.39, 0.29) is 22.3 Å². The van der Waals surface area contributed by atoms with Crippen molar-refractivity contribution in [1.82, 2.24) is 0 Å². The SMILES string of the molecule is C.C.C.CN1c2ccccc2Cc2c1ccc1c2Cc2ccccc2N1P.CN1c2ccccc2Cc2cc3c(cc21)N(P)c1ccccc1C3.CN1c2ccccc2Cc2ccc3c(c21)Cc1ccccc1N3P.CP.CP.CP. The van der Waals surface area contributed by atoms with Crippen LogP contribution in [0.3, 0.4) is 0 Å². The molecule has 15 rings (SSSR count). The fourth-order valence-electron chi connectivity index (χ4n) is 12.3. The number of hydrogen-bond acceptors (Lipinski definition) is 6. The van der Waals surface area contributed by atoms with Gasteiger partial charge in [0.1, 0.15) is 0 Å². The van der Waals surface area contributed by atoms with E-state index >= 15 is 0 Å². The van der Waals surface area contributed by atoms with Crippen molar-refractivity contribution in [2.75, 3.05) is 69.8 Å². The summed E-state index contributed by atoms with van der Waals surface area (Å²) in [6.07, 6.45) is 6.06. The molecule has 0 N–H and O–H groups in total. The zero-order valence-electron chi connectivity index (χ0n) is 45.7. The smallest absolute Gasteiger partial charge is 0.0501 e. The minimum absolute atomic E-state index is 0. The van der Waals surface area contributed by atoms with Gasteiger partial charge in [0.25, 0.3) is 0 Å². The minimum atomic E-state index is 0. The Morgan fingerprint density at radius 3 is 1.02 bits per heavy atom. The zero-order valence-corrected chi connectivity index (χ0v) is 52.6. The highest BCUT2D eigenvalue weighted by Crippen LogP contribution is 2.51. The van der Waals surface area contributed by atoms with Crippen LogP contribution in [0.1, 0.15) is 89.0 Å². The Balaban J connectivity index is 0.000000164. The van der Waals surface area contributed by atoms with Gasteiger partial charge in [0.15, 0.2) is 0 Å². The van der Waals surface area contributed by atoms with Gasteiger partial charge >= 0.3 is 0 Å². The van der Waals surface area contributed by atoms with E-state index in [1.54, 1.807) is 0 Å². The lowest BCUT2D eigenvalue weighted by atomic mass is 9.86. The van der Waals surface area contributed by atoms with Gasteiger partial charge in [0.2, 0.25) is 0 Å². The third kappa shape index (κ3) is 11.7. The molecule has 0 aromatic heterocycles. The summed E-state index contributed by atoms with van der Waals surface area (Å²) in [7, 11) is 22.5. The van der Waals surface area contributed by atoms with Crippen molar-refractivity contribution < 1.29 is 0 Å². The van der Waals surface area contributed by atoms with Crippen molar-refractivity contribution in [3.8, 4) is 0 Å². The van der Waals surface area contributed by atoms with Crippen molar-refractivity contribution in [3.05, 3.63) is 249 Å². The number of benzene rings is 9. The van der Waals surface area contributed by atoms with Crippen LogP contribution in [0.4, 0.5) is 68.2 Å². The molecular weight excluding hydrogens is 1100 g/mol. The molecule has 9 aromatic rings. The van der Waals surface area contributed by atoms with E-state index in [4.69, 9.17) is 0 Å². The summed E-state index contributed by atoms with van der Waals surface area (Å²) in [6.45, 7) is 5.75. The quantitative estimate of drug-likeness (QED) is 0.140. The Kier molecular flexibility index (Phi) is 21.5. The predicted molar refractivity (Wildman–Crippen MR) is 382 cm³/mol. The molecule has 6 unspecified atom stereocenters. The van der Waals surface area contributed by atoms with Crippen LogP contribution in [-0.4, -0.2) is 41.1 Å². The van der Waals surface area contributed by atoms with E-state index in [9.17, 15) is 0 Å². The molecule has 0 saturated heterocycles. The maximum Gasteiger partial charge on any atom is 0.0501 e. The molecule has 6 heterocycles. The lowest BCUT2D eigenvalue weighted by Crippen LogP contribution is -2.23. The molecular formula is C69H84N6P6. The molecule has 0 aliphatic carbocycles. The van der Waals surface area contributed by atoms with Crippen molar-refractivity contribution in [2.45, 2.75) is 60.8 Å².